The van der Waals surface area contributed by atoms with E-state index >= 15 is 0 Å². The van der Waals surface area contributed by atoms with Gasteiger partial charge in [-0.05, 0) is 43.2 Å². The molecule has 0 unspecified atom stereocenters. The fourth-order valence-corrected chi connectivity index (χ4v) is 3.17. The maximum absolute atomic E-state index is 12.5. The van der Waals surface area contributed by atoms with Gasteiger partial charge in [0.15, 0.2) is 0 Å². The molecule has 28 heavy (non-hydrogen) atoms. The number of methoxy groups -OCH3 is 2. The lowest BCUT2D eigenvalue weighted by Gasteiger charge is -2.16. The van der Waals surface area contributed by atoms with Gasteiger partial charge >= 0.3 is 0 Å². The zero-order chi connectivity index (χ0) is 19.9. The number of likely N-dealkylation sites (tertiary alicyclic amines) is 1. The summed E-state index contributed by atoms with van der Waals surface area (Å²) < 4.78 is 10.5. The molecule has 0 aromatic heterocycles. The molecular formula is C21H25N3O4. The molecule has 1 fully saturated rings. The summed E-state index contributed by atoms with van der Waals surface area (Å²) in [6.45, 7) is 1.64. The van der Waals surface area contributed by atoms with E-state index in [4.69, 9.17) is 9.47 Å². The van der Waals surface area contributed by atoms with E-state index in [0.29, 0.717) is 28.4 Å². The van der Waals surface area contributed by atoms with E-state index in [9.17, 15) is 9.59 Å². The zero-order valence-electron chi connectivity index (χ0n) is 16.2. The lowest BCUT2D eigenvalue weighted by molar-refractivity contribution is -0.114. The highest BCUT2D eigenvalue weighted by molar-refractivity contribution is 5.98. The van der Waals surface area contributed by atoms with Crippen LogP contribution in [0.25, 0.3) is 0 Å². The zero-order valence-corrected chi connectivity index (χ0v) is 16.2. The number of amides is 2. The number of carbonyl (C=O) groups excluding carboxylic acids is 2. The molecule has 1 aliphatic heterocycles. The van der Waals surface area contributed by atoms with Crippen LogP contribution in [0.1, 0.15) is 23.2 Å². The Morgan fingerprint density at radius 1 is 1.04 bits per heavy atom. The van der Waals surface area contributed by atoms with Gasteiger partial charge in [0.25, 0.3) is 5.91 Å². The third-order valence-corrected chi connectivity index (χ3v) is 4.63. The van der Waals surface area contributed by atoms with E-state index in [1.54, 1.807) is 56.7 Å². The Morgan fingerprint density at radius 2 is 1.82 bits per heavy atom. The van der Waals surface area contributed by atoms with Crippen LogP contribution in [0.15, 0.2) is 42.5 Å². The van der Waals surface area contributed by atoms with Gasteiger partial charge in [0.05, 0.1) is 26.5 Å². The van der Waals surface area contributed by atoms with Gasteiger partial charge in [-0.3, -0.25) is 9.59 Å². The van der Waals surface area contributed by atoms with Gasteiger partial charge in [0.1, 0.15) is 11.5 Å². The Balaban J connectivity index is 1.61. The first kappa shape index (κ1) is 19.5. The Hall–Kier alpha value is -3.22. The van der Waals surface area contributed by atoms with Gasteiger partial charge in [-0.15, -0.1) is 0 Å². The van der Waals surface area contributed by atoms with Crippen LogP contribution < -0.4 is 20.1 Å². The van der Waals surface area contributed by atoms with Crippen LogP contribution in [-0.4, -0.2) is 50.6 Å². The largest absolute Gasteiger partial charge is 0.497 e. The minimum absolute atomic E-state index is 0.00726. The minimum Gasteiger partial charge on any atom is -0.497 e. The van der Waals surface area contributed by atoms with Crippen molar-refractivity contribution >= 4 is 23.2 Å². The molecule has 1 aliphatic rings. The third-order valence-electron chi connectivity index (χ3n) is 4.63. The van der Waals surface area contributed by atoms with Gasteiger partial charge < -0.3 is 25.0 Å². The second kappa shape index (κ2) is 9.12. The molecule has 2 amide bonds. The number of ether oxygens (including phenoxy) is 2. The molecule has 148 valence electrons. The molecule has 0 atom stereocenters. The summed E-state index contributed by atoms with van der Waals surface area (Å²) >= 11 is 0. The van der Waals surface area contributed by atoms with E-state index in [-0.39, 0.29) is 18.4 Å². The van der Waals surface area contributed by atoms with Gasteiger partial charge in [0, 0.05) is 30.4 Å². The van der Waals surface area contributed by atoms with Crippen LogP contribution in [0.3, 0.4) is 0 Å². The quantitative estimate of drug-likeness (QED) is 0.768. The summed E-state index contributed by atoms with van der Waals surface area (Å²) in [4.78, 5) is 26.7. The Kier molecular flexibility index (Phi) is 6.37. The monoisotopic (exact) mass is 383 g/mol. The van der Waals surface area contributed by atoms with Crippen molar-refractivity contribution in [2.45, 2.75) is 12.8 Å². The van der Waals surface area contributed by atoms with Crippen molar-refractivity contribution in [1.29, 1.82) is 0 Å². The summed E-state index contributed by atoms with van der Waals surface area (Å²) in [5.74, 6) is 1.06. The van der Waals surface area contributed by atoms with Crippen molar-refractivity contribution in [2.75, 3.05) is 44.5 Å². The van der Waals surface area contributed by atoms with Crippen molar-refractivity contribution in [3.05, 3.63) is 48.0 Å². The molecule has 0 bridgehead atoms. The molecule has 0 aliphatic carbocycles. The lowest BCUT2D eigenvalue weighted by atomic mass is 10.1. The first-order valence-corrected chi connectivity index (χ1v) is 9.26. The highest BCUT2D eigenvalue weighted by Gasteiger charge is 2.19. The highest BCUT2D eigenvalue weighted by atomic mass is 16.5. The molecule has 2 aromatic carbocycles. The smallest absolute Gasteiger partial charge is 0.253 e. The molecule has 1 saturated heterocycles. The highest BCUT2D eigenvalue weighted by Crippen LogP contribution is 2.28. The minimum atomic E-state index is -0.226. The first-order chi connectivity index (χ1) is 13.6. The first-order valence-electron chi connectivity index (χ1n) is 9.26. The summed E-state index contributed by atoms with van der Waals surface area (Å²) in [5, 5.41) is 5.87. The molecule has 2 N–H and O–H groups in total. The number of rotatable bonds is 7. The molecular weight excluding hydrogens is 358 g/mol. The molecule has 2 aromatic rings. The predicted molar refractivity (Wildman–Crippen MR) is 108 cm³/mol. The average Bonchev–Trinajstić information content (AvgIpc) is 3.26. The second-order valence-electron chi connectivity index (χ2n) is 6.55. The normalized spacial score (nSPS) is 13.1. The van der Waals surface area contributed by atoms with E-state index in [2.05, 4.69) is 10.6 Å². The van der Waals surface area contributed by atoms with Crippen LogP contribution >= 0.6 is 0 Å². The topological polar surface area (TPSA) is 79.9 Å². The molecule has 3 rings (SSSR count). The number of benzene rings is 2. The fraction of sp³-hybridized carbons (Fsp3) is 0.333. The molecule has 7 heteroatoms. The second-order valence-corrected chi connectivity index (χ2v) is 6.55. The van der Waals surface area contributed by atoms with Crippen molar-refractivity contribution in [2.24, 2.45) is 0 Å². The molecule has 0 spiro atoms. The lowest BCUT2D eigenvalue weighted by Crippen LogP contribution is -2.27. The van der Waals surface area contributed by atoms with Gasteiger partial charge in [-0.25, -0.2) is 0 Å². The number of carbonyl (C=O) groups is 2. The van der Waals surface area contributed by atoms with Crippen LogP contribution in [0.4, 0.5) is 11.4 Å². The van der Waals surface area contributed by atoms with E-state index in [1.807, 2.05) is 4.90 Å². The van der Waals surface area contributed by atoms with Crippen LogP contribution in [0.5, 0.6) is 11.5 Å². The third kappa shape index (κ3) is 4.73. The summed E-state index contributed by atoms with van der Waals surface area (Å²) in [5.41, 5.74) is 1.84. The number of hydrogen-bond donors (Lipinski definition) is 2. The van der Waals surface area contributed by atoms with Crippen molar-refractivity contribution in [1.82, 2.24) is 4.90 Å². The standard InChI is InChI=1S/C21H25N3O4/c1-27-17-8-9-19(28-2)18(13-17)22-14-20(25)23-16-7-5-6-15(12-16)21(26)24-10-3-4-11-24/h5-9,12-13,22H,3-4,10-11,14H2,1-2H3,(H,23,25). The van der Waals surface area contributed by atoms with Crippen molar-refractivity contribution in [3.63, 3.8) is 0 Å². The number of hydrogen-bond acceptors (Lipinski definition) is 5. The van der Waals surface area contributed by atoms with Crippen molar-refractivity contribution < 1.29 is 19.1 Å². The molecule has 1 heterocycles. The van der Waals surface area contributed by atoms with E-state index in [0.717, 1.165) is 25.9 Å². The summed E-state index contributed by atoms with van der Waals surface area (Å²) in [6.07, 6.45) is 2.09. The maximum atomic E-state index is 12.5. The fourth-order valence-electron chi connectivity index (χ4n) is 3.17. The Bertz CT molecular complexity index is 847. The summed E-state index contributed by atoms with van der Waals surface area (Å²) in [7, 11) is 3.14. The van der Waals surface area contributed by atoms with Crippen LogP contribution in [-0.2, 0) is 4.79 Å². The number of anilines is 2. The maximum Gasteiger partial charge on any atom is 0.253 e. The van der Waals surface area contributed by atoms with E-state index in [1.165, 1.54) is 0 Å². The molecule has 0 radical (unpaired) electrons. The van der Waals surface area contributed by atoms with Crippen LogP contribution in [0.2, 0.25) is 0 Å². The Morgan fingerprint density at radius 3 is 2.54 bits per heavy atom. The Labute approximate surface area is 164 Å². The average molecular weight is 383 g/mol. The van der Waals surface area contributed by atoms with E-state index < -0.39 is 0 Å². The SMILES string of the molecule is COc1ccc(OC)c(NCC(=O)Nc2cccc(C(=O)N3CCCC3)c2)c1. The van der Waals surface area contributed by atoms with Crippen LogP contribution in [0, 0.1) is 0 Å². The predicted octanol–water partition coefficient (Wildman–Crippen LogP) is 2.99. The van der Waals surface area contributed by atoms with Gasteiger partial charge in [0.2, 0.25) is 5.91 Å². The summed E-state index contributed by atoms with van der Waals surface area (Å²) in [6, 6.07) is 12.4. The number of nitrogens with one attached hydrogen (secondary N) is 2. The molecule has 7 nitrogen and oxygen atoms in total. The number of nitrogens with zero attached hydrogens (tertiary/aromatic N) is 1. The van der Waals surface area contributed by atoms with Gasteiger partial charge in [-0.2, -0.15) is 0 Å². The molecule has 0 saturated carbocycles. The van der Waals surface area contributed by atoms with Gasteiger partial charge in [-0.1, -0.05) is 6.07 Å². The van der Waals surface area contributed by atoms with Crippen molar-refractivity contribution in [3.8, 4) is 11.5 Å².